The Morgan fingerprint density at radius 2 is 0.978 bits per heavy atom. The van der Waals surface area contributed by atoms with E-state index in [4.69, 9.17) is 19.2 Å². The molecule has 0 heteroatoms. The molecule has 0 spiro atoms. The maximum absolute atomic E-state index is 10.0. The van der Waals surface area contributed by atoms with E-state index in [0.717, 1.165) is 6.07 Å². The average Bonchev–Trinajstić information content (AvgIpc) is 3.28. The van der Waals surface area contributed by atoms with Crippen LogP contribution < -0.4 is 0 Å². The second-order valence-electron chi connectivity index (χ2n) is 11.5. The molecule has 0 unspecified atom stereocenters. The summed E-state index contributed by atoms with van der Waals surface area (Å²) >= 11 is 0. The van der Waals surface area contributed by atoms with Gasteiger partial charge in [0.05, 0.1) is 31.5 Å². The van der Waals surface area contributed by atoms with E-state index in [0.29, 0.717) is 0 Å². The molecule has 0 aliphatic heterocycles. The predicted octanol–water partition coefficient (Wildman–Crippen LogP) is 12.5. The monoisotopic (exact) mass is 593 g/mol. The first-order chi connectivity index (χ1) is 31.7. The van der Waals surface area contributed by atoms with Crippen molar-refractivity contribution in [1.82, 2.24) is 0 Å². The molecule has 0 amide bonds. The SMILES string of the molecule is [2H]c1cc(-c2c([2H])c([2H])c3c(c2[2H])-c2c([2H])c([2H])c([2H])c4c([2H])c([2H])c([2H])c(c24)C3(C)C)c2c(-c3c([2H])c([2H])c4c([2H])c([2H])c5c([2H])c([2H])c([2H])c6c([2H])c([2H])c3c4c56)c([2H])c([2H])c([2H])c2c1[2H]. The fourth-order valence-electron chi connectivity index (χ4n) is 6.60. The van der Waals surface area contributed by atoms with Crippen LogP contribution in [0.2, 0.25) is 0 Å². The smallest absolute Gasteiger partial charge is 0.0613 e. The Labute approximate surface area is 294 Å². The van der Waals surface area contributed by atoms with Gasteiger partial charge in [0.2, 0.25) is 0 Å². The maximum atomic E-state index is 10.0. The molecule has 1 aliphatic carbocycles. The zero-order chi connectivity index (χ0) is 49.9. The molecule has 210 valence electrons. The van der Waals surface area contributed by atoms with Crippen molar-refractivity contribution in [3.05, 3.63) is 156 Å². The molecule has 1 aliphatic rings. The number of rotatable bonds is 2. The lowest BCUT2D eigenvalue weighted by Gasteiger charge is -2.35. The van der Waals surface area contributed by atoms with Gasteiger partial charge in [-0.25, -0.2) is 0 Å². The number of benzene rings is 9. The molecule has 0 saturated carbocycles. The van der Waals surface area contributed by atoms with Crippen molar-refractivity contribution in [3.63, 3.8) is 0 Å². The van der Waals surface area contributed by atoms with Crippen LogP contribution in [0, 0.1) is 0 Å². The van der Waals surface area contributed by atoms with Crippen molar-refractivity contribution in [3.8, 4) is 33.4 Å². The second kappa shape index (κ2) is 8.80. The van der Waals surface area contributed by atoms with E-state index in [1.807, 2.05) is 0 Å². The summed E-state index contributed by atoms with van der Waals surface area (Å²) in [7, 11) is 0. The molecule has 9 aromatic rings. The zero-order valence-electron chi connectivity index (χ0n) is 46.6. The quantitative estimate of drug-likeness (QED) is 0.175. The molecule has 0 atom stereocenters. The van der Waals surface area contributed by atoms with Crippen LogP contribution in [0.3, 0.4) is 0 Å². The highest BCUT2D eigenvalue weighted by atomic mass is 14.4. The number of hydrogen-bond donors (Lipinski definition) is 0. The van der Waals surface area contributed by atoms with E-state index in [1.165, 1.54) is 0 Å². The van der Waals surface area contributed by atoms with E-state index in [-0.39, 0.29) is 54.6 Å². The third kappa shape index (κ3) is 3.32. The van der Waals surface area contributed by atoms with E-state index >= 15 is 0 Å². The molecule has 0 heterocycles. The molecule has 45 heavy (non-hydrogen) atoms. The Morgan fingerprint density at radius 1 is 0.400 bits per heavy atom. The van der Waals surface area contributed by atoms with Crippen LogP contribution in [0.25, 0.3) is 87.2 Å². The van der Waals surface area contributed by atoms with Crippen LogP contribution in [-0.2, 0) is 5.41 Å². The summed E-state index contributed by atoms with van der Waals surface area (Å²) in [5.74, 6) is 0. The highest BCUT2D eigenvalue weighted by Gasteiger charge is 2.33. The van der Waals surface area contributed by atoms with Gasteiger partial charge >= 0.3 is 0 Å². The fraction of sp³-hybridized carbons (Fsp3) is 0.0667. The van der Waals surface area contributed by atoms with Crippen LogP contribution in [-0.4, -0.2) is 0 Å². The highest BCUT2D eigenvalue weighted by Crippen LogP contribution is 2.50. The molecular weight excluding hydrogens is 540 g/mol. The van der Waals surface area contributed by atoms with Crippen molar-refractivity contribution in [2.24, 2.45) is 0 Å². The van der Waals surface area contributed by atoms with Crippen molar-refractivity contribution < 1.29 is 31.5 Å². The molecule has 0 fully saturated rings. The third-order valence-electron chi connectivity index (χ3n) is 8.70. The summed E-state index contributed by atoms with van der Waals surface area (Å²) < 4.78 is 210. The zero-order valence-corrected chi connectivity index (χ0v) is 23.6. The van der Waals surface area contributed by atoms with Gasteiger partial charge in [0.1, 0.15) is 0 Å². The Hall–Kier alpha value is -5.46. The largest absolute Gasteiger partial charge is 0.0636 e. The van der Waals surface area contributed by atoms with Crippen molar-refractivity contribution in [2.75, 3.05) is 0 Å². The first-order valence-electron chi connectivity index (χ1n) is 25.6. The average molecular weight is 594 g/mol. The topological polar surface area (TPSA) is 0 Å². The summed E-state index contributed by atoms with van der Waals surface area (Å²) in [5.41, 5.74) is -4.13. The lowest BCUT2D eigenvalue weighted by Crippen LogP contribution is -2.23. The van der Waals surface area contributed by atoms with E-state index in [1.54, 1.807) is 13.8 Å². The maximum Gasteiger partial charge on any atom is 0.0636 e. The van der Waals surface area contributed by atoms with Gasteiger partial charge in [-0.1, -0.05) is 153 Å². The lowest BCUT2D eigenvalue weighted by atomic mass is 9.68. The van der Waals surface area contributed by atoms with Gasteiger partial charge in [-0.05, 0) is 104 Å². The Balaban J connectivity index is 1.48. The van der Waals surface area contributed by atoms with Crippen LogP contribution >= 0.6 is 0 Å². The van der Waals surface area contributed by atoms with Crippen LogP contribution in [0.1, 0.15) is 56.5 Å². The summed E-state index contributed by atoms with van der Waals surface area (Å²) in [6.07, 6.45) is 0. The minimum Gasteiger partial charge on any atom is -0.0613 e. The molecule has 0 nitrogen and oxygen atoms in total. The molecular formula is C45H30. The van der Waals surface area contributed by atoms with Gasteiger partial charge in [0.25, 0.3) is 0 Å². The number of fused-ring (bicyclic) bond motifs is 3. The van der Waals surface area contributed by atoms with E-state index in [9.17, 15) is 12.3 Å². The van der Waals surface area contributed by atoms with Crippen molar-refractivity contribution in [1.29, 1.82) is 0 Å². The first-order valence-corrected chi connectivity index (χ1v) is 14.1. The second-order valence-corrected chi connectivity index (χ2v) is 11.5. The molecule has 10 rings (SSSR count). The van der Waals surface area contributed by atoms with Gasteiger partial charge in [-0.3, -0.25) is 0 Å². The summed E-state index contributed by atoms with van der Waals surface area (Å²) in [6.45, 7) is 3.10. The van der Waals surface area contributed by atoms with Crippen LogP contribution in [0.15, 0.2) is 145 Å². The Morgan fingerprint density at radius 3 is 1.76 bits per heavy atom. The van der Waals surface area contributed by atoms with Gasteiger partial charge < -0.3 is 0 Å². The normalized spacial score (nSPS) is 20.9. The fourth-order valence-corrected chi connectivity index (χ4v) is 6.60. The summed E-state index contributed by atoms with van der Waals surface area (Å²) in [5, 5.41) is -3.33. The standard InChI is InChI=1S/C45H30/c1-45(2)39-25-22-32(26-38(39)36-16-6-12-28-13-7-17-40(45)43(28)36)33-14-4-10-27-11-5-15-35(42(27)33)34-23-20-31-19-18-29-8-3-9-30-21-24-37(34)44(31)41(29)30/h3-26H,1-2H3/i3D,4D,5D,6D,7D,8D,9D,10D,11D,12D,13D,15D,16D,17D,18D,19D,20D,21D,22D,23D,24D,25D,26D. The van der Waals surface area contributed by atoms with Gasteiger partial charge in [-0.15, -0.1) is 0 Å². The third-order valence-corrected chi connectivity index (χ3v) is 8.70. The molecule has 0 aromatic heterocycles. The number of hydrogen-bond acceptors (Lipinski definition) is 0. The van der Waals surface area contributed by atoms with Crippen LogP contribution in [0.5, 0.6) is 0 Å². The van der Waals surface area contributed by atoms with Gasteiger partial charge in [0, 0.05) is 5.41 Å². The molecule has 0 bridgehead atoms. The van der Waals surface area contributed by atoms with Crippen LogP contribution in [0.4, 0.5) is 0 Å². The Bertz CT molecular complexity index is 3930. The summed E-state index contributed by atoms with van der Waals surface area (Å²) in [4.78, 5) is 0. The van der Waals surface area contributed by atoms with Gasteiger partial charge in [-0.2, -0.15) is 0 Å². The molecule has 0 radical (unpaired) electrons. The summed E-state index contributed by atoms with van der Waals surface area (Å²) in [6, 6.07) is -14.8. The molecule has 0 saturated heterocycles. The van der Waals surface area contributed by atoms with E-state index < -0.39 is 188 Å². The van der Waals surface area contributed by atoms with Crippen molar-refractivity contribution in [2.45, 2.75) is 19.3 Å². The Kier molecular flexibility index (Phi) is 2.25. The minimum absolute atomic E-state index is 0.0176. The van der Waals surface area contributed by atoms with Gasteiger partial charge in [0.15, 0.2) is 0 Å². The molecule has 9 aromatic carbocycles. The molecule has 0 N–H and O–H groups in total. The minimum atomic E-state index is -1.54. The van der Waals surface area contributed by atoms with Crippen molar-refractivity contribution >= 4 is 53.9 Å². The highest BCUT2D eigenvalue weighted by molar-refractivity contribution is 6.26. The predicted molar refractivity (Wildman–Crippen MR) is 194 cm³/mol. The lowest BCUT2D eigenvalue weighted by molar-refractivity contribution is 0.645. The first kappa shape index (κ1) is 11.5. The van der Waals surface area contributed by atoms with E-state index in [2.05, 4.69) is 0 Å².